The number of aryl methyl sites for hydroxylation is 1. The van der Waals surface area contributed by atoms with E-state index in [0.29, 0.717) is 0 Å². The Morgan fingerprint density at radius 2 is 1.87 bits per heavy atom. The van der Waals surface area contributed by atoms with Crippen LogP contribution in [0.1, 0.15) is 18.5 Å². The van der Waals surface area contributed by atoms with Gasteiger partial charge in [0.05, 0.1) is 6.42 Å². The molecule has 122 valence electrons. The molecule has 1 amide bonds. The van der Waals surface area contributed by atoms with Crippen LogP contribution < -0.4 is 16.4 Å². The first-order valence-corrected chi connectivity index (χ1v) is 7.01. The normalized spacial score (nSPS) is 10.6. The molecule has 11 heteroatoms. The summed E-state index contributed by atoms with van der Waals surface area (Å²) in [5.41, 5.74) is -0.959. The molecule has 0 saturated heterocycles. The number of hydrogen-bond acceptors (Lipinski definition) is 6. The Morgan fingerprint density at radius 1 is 1.13 bits per heavy atom. The molecule has 0 unspecified atom stereocenters. The van der Waals surface area contributed by atoms with E-state index in [1.54, 1.807) is 0 Å². The van der Waals surface area contributed by atoms with Gasteiger partial charge in [0.2, 0.25) is 5.91 Å². The lowest BCUT2D eigenvalue weighted by Crippen LogP contribution is -2.27. The van der Waals surface area contributed by atoms with Crippen molar-refractivity contribution >= 4 is 35.3 Å². The topological polar surface area (TPSA) is 161 Å². The van der Waals surface area contributed by atoms with Crippen molar-refractivity contribution in [1.29, 1.82) is 0 Å². The van der Waals surface area contributed by atoms with Crippen molar-refractivity contribution in [3.8, 4) is 0 Å². The minimum absolute atomic E-state index is 0.00586. The molecular formula is C12H13N5O5S. The average molecular weight is 339 g/mol. The Bertz CT molecular complexity index is 928. The van der Waals surface area contributed by atoms with Gasteiger partial charge in [0.1, 0.15) is 11.3 Å². The minimum atomic E-state index is -1.02. The molecule has 0 aliphatic carbocycles. The summed E-state index contributed by atoms with van der Waals surface area (Å²) < 4.78 is 0.0607. The van der Waals surface area contributed by atoms with Gasteiger partial charge in [-0.1, -0.05) is 0 Å². The van der Waals surface area contributed by atoms with Crippen LogP contribution in [0.5, 0.6) is 0 Å². The van der Waals surface area contributed by atoms with Gasteiger partial charge in [-0.3, -0.25) is 24.2 Å². The molecule has 0 aliphatic rings. The first kappa shape index (κ1) is 16.5. The molecule has 2 aromatic rings. The summed E-state index contributed by atoms with van der Waals surface area (Å²) >= 11 is 4.79. The van der Waals surface area contributed by atoms with Gasteiger partial charge in [0.15, 0.2) is 10.3 Å². The van der Waals surface area contributed by atoms with Gasteiger partial charge in [-0.25, -0.2) is 4.98 Å². The summed E-state index contributed by atoms with van der Waals surface area (Å²) in [6, 6.07) is 0. The number of H-pyrrole nitrogens is 3. The number of hydrogen-bond donors (Lipinski definition) is 5. The molecule has 2 heterocycles. The van der Waals surface area contributed by atoms with E-state index in [0.717, 1.165) is 0 Å². The quantitative estimate of drug-likeness (QED) is 0.430. The number of nitrogens with zero attached hydrogens (tertiary/aromatic N) is 1. The standard InChI is InChI=1S/C12H13N5O5S/c18-6(13-4-3-7(19)20)2-1-5-10(21)15-9-8(14-5)11(22)17-12(23)16-9/h1-4H2,(H,13,18)(H,19,20)(H3,15,16,17,21,22,23). The maximum atomic E-state index is 11.9. The fourth-order valence-corrected chi connectivity index (χ4v) is 2.04. The molecule has 0 fully saturated rings. The first-order valence-electron chi connectivity index (χ1n) is 6.61. The number of amides is 1. The molecular weight excluding hydrogens is 326 g/mol. The lowest BCUT2D eigenvalue weighted by atomic mass is 10.2. The summed E-state index contributed by atoms with van der Waals surface area (Å²) in [6.45, 7) is 0.00586. The van der Waals surface area contributed by atoms with Gasteiger partial charge < -0.3 is 20.4 Å². The van der Waals surface area contributed by atoms with Gasteiger partial charge in [0.25, 0.3) is 11.1 Å². The number of rotatable bonds is 6. The molecule has 0 bridgehead atoms. The third-order valence-electron chi connectivity index (χ3n) is 2.91. The summed E-state index contributed by atoms with van der Waals surface area (Å²) in [5, 5.41) is 10.9. The molecule has 0 atom stereocenters. The zero-order valence-corrected chi connectivity index (χ0v) is 12.6. The van der Waals surface area contributed by atoms with Crippen LogP contribution in [-0.4, -0.2) is 43.5 Å². The Morgan fingerprint density at radius 3 is 2.57 bits per heavy atom. The van der Waals surface area contributed by atoms with Crippen molar-refractivity contribution in [2.45, 2.75) is 19.3 Å². The molecule has 0 saturated carbocycles. The van der Waals surface area contributed by atoms with Crippen LogP contribution in [0.15, 0.2) is 9.59 Å². The maximum absolute atomic E-state index is 11.9. The Hall–Kier alpha value is -2.82. The van der Waals surface area contributed by atoms with Crippen LogP contribution in [0.2, 0.25) is 0 Å². The number of aliphatic carboxylic acids is 1. The van der Waals surface area contributed by atoms with Crippen LogP contribution in [-0.2, 0) is 16.0 Å². The van der Waals surface area contributed by atoms with E-state index in [1.807, 2.05) is 0 Å². The third kappa shape index (κ3) is 4.32. The van der Waals surface area contributed by atoms with E-state index >= 15 is 0 Å². The SMILES string of the molecule is O=C(O)CCNC(=O)CCc1nc2c(=O)[nH]c(=S)[nH]c2[nH]c1=O. The lowest BCUT2D eigenvalue weighted by Gasteiger charge is -2.04. The number of aromatic amines is 3. The molecule has 2 aromatic heterocycles. The second kappa shape index (κ2) is 6.96. The van der Waals surface area contributed by atoms with Crippen molar-refractivity contribution < 1.29 is 14.7 Å². The molecule has 0 aliphatic heterocycles. The molecule has 23 heavy (non-hydrogen) atoms. The first-order chi connectivity index (χ1) is 10.9. The number of carboxylic acid groups (broad SMARTS) is 1. The fourth-order valence-electron chi connectivity index (χ4n) is 1.85. The van der Waals surface area contributed by atoms with E-state index in [2.05, 4.69) is 25.3 Å². The fraction of sp³-hybridized carbons (Fsp3) is 0.333. The second-order valence-corrected chi connectivity index (χ2v) is 5.05. The summed E-state index contributed by atoms with van der Waals surface area (Å²) in [7, 11) is 0. The van der Waals surface area contributed by atoms with E-state index in [1.165, 1.54) is 0 Å². The zero-order chi connectivity index (χ0) is 17.0. The monoisotopic (exact) mass is 339 g/mol. The smallest absolute Gasteiger partial charge is 0.305 e. The molecule has 0 aromatic carbocycles. The van der Waals surface area contributed by atoms with Crippen LogP contribution in [0, 0.1) is 4.77 Å². The van der Waals surface area contributed by atoms with Crippen LogP contribution in [0.25, 0.3) is 11.2 Å². The van der Waals surface area contributed by atoms with Gasteiger partial charge in [-0.2, -0.15) is 0 Å². The number of carboxylic acids is 1. The van der Waals surface area contributed by atoms with Gasteiger partial charge >= 0.3 is 5.97 Å². The van der Waals surface area contributed by atoms with Crippen LogP contribution in [0.3, 0.4) is 0 Å². The van der Waals surface area contributed by atoms with E-state index in [9.17, 15) is 19.2 Å². The Labute approximate surface area is 133 Å². The predicted octanol–water partition coefficient (Wildman–Crippen LogP) is -0.808. The highest BCUT2D eigenvalue weighted by Crippen LogP contribution is 2.00. The van der Waals surface area contributed by atoms with Crippen molar-refractivity contribution in [3.05, 3.63) is 31.2 Å². The van der Waals surface area contributed by atoms with Gasteiger partial charge in [-0.05, 0) is 12.2 Å². The van der Waals surface area contributed by atoms with Crippen LogP contribution >= 0.6 is 12.2 Å². The summed E-state index contributed by atoms with van der Waals surface area (Å²) in [4.78, 5) is 56.9. The number of fused-ring (bicyclic) bond motifs is 1. The van der Waals surface area contributed by atoms with Crippen molar-refractivity contribution in [2.75, 3.05) is 6.54 Å². The van der Waals surface area contributed by atoms with Crippen molar-refractivity contribution in [3.63, 3.8) is 0 Å². The molecule has 2 rings (SSSR count). The van der Waals surface area contributed by atoms with Gasteiger partial charge in [0, 0.05) is 19.4 Å². The average Bonchev–Trinajstić information content (AvgIpc) is 2.44. The molecule has 0 spiro atoms. The van der Waals surface area contributed by atoms with E-state index < -0.39 is 23.0 Å². The molecule has 10 nitrogen and oxygen atoms in total. The van der Waals surface area contributed by atoms with E-state index in [-0.39, 0.29) is 47.4 Å². The predicted molar refractivity (Wildman–Crippen MR) is 81.8 cm³/mol. The summed E-state index contributed by atoms with van der Waals surface area (Å²) in [5.74, 6) is -1.43. The lowest BCUT2D eigenvalue weighted by molar-refractivity contribution is -0.136. The zero-order valence-electron chi connectivity index (χ0n) is 11.8. The maximum Gasteiger partial charge on any atom is 0.305 e. The minimum Gasteiger partial charge on any atom is -0.481 e. The largest absolute Gasteiger partial charge is 0.481 e. The van der Waals surface area contributed by atoms with Crippen molar-refractivity contribution in [2.24, 2.45) is 0 Å². The number of carbonyl (C=O) groups excluding carboxylic acids is 1. The molecule has 5 N–H and O–H groups in total. The highest BCUT2D eigenvalue weighted by molar-refractivity contribution is 7.71. The molecule has 0 radical (unpaired) electrons. The number of nitrogens with one attached hydrogen (secondary N) is 4. The second-order valence-electron chi connectivity index (χ2n) is 4.64. The van der Waals surface area contributed by atoms with E-state index in [4.69, 9.17) is 17.3 Å². The van der Waals surface area contributed by atoms with Gasteiger partial charge in [-0.15, -0.1) is 0 Å². The summed E-state index contributed by atoms with van der Waals surface area (Å²) in [6.07, 6.45) is -0.226. The highest BCUT2D eigenvalue weighted by atomic mass is 32.1. The Kier molecular flexibility index (Phi) is 5.01. The number of aromatic nitrogens is 4. The highest BCUT2D eigenvalue weighted by Gasteiger charge is 2.10. The van der Waals surface area contributed by atoms with Crippen LogP contribution in [0.4, 0.5) is 0 Å². The Balaban J connectivity index is 2.12. The number of carbonyl (C=O) groups is 2. The third-order valence-corrected chi connectivity index (χ3v) is 3.12. The van der Waals surface area contributed by atoms with Crippen molar-refractivity contribution in [1.82, 2.24) is 25.3 Å².